The van der Waals surface area contributed by atoms with Crippen LogP contribution in [0.1, 0.15) is 12.8 Å². The number of nitrogen functional groups attached to an aromatic ring is 1. The first-order valence-corrected chi connectivity index (χ1v) is 13.1. The molecule has 3 aromatic heterocycles. The van der Waals surface area contributed by atoms with Crippen molar-refractivity contribution in [3.63, 3.8) is 0 Å². The number of para-hydroxylation sites is 2. The highest BCUT2D eigenvalue weighted by Crippen LogP contribution is 2.29. The molecule has 3 N–H and O–H groups in total. The minimum absolute atomic E-state index is 0.242. The molecule has 39 heavy (non-hydrogen) atoms. The smallest absolute Gasteiger partial charge is 0.341 e. The largest absolute Gasteiger partial charge is 0.480 e. The summed E-state index contributed by atoms with van der Waals surface area (Å²) in [5.74, 6) is 2.29. The monoisotopic (exact) mass is 533 g/mol. The molecule has 0 amide bonds. The third-order valence-corrected chi connectivity index (χ3v) is 7.21. The second kappa shape index (κ2) is 10.8. The summed E-state index contributed by atoms with van der Waals surface area (Å²) in [6.07, 6.45) is 3.77. The average molecular weight is 534 g/mol. The zero-order chi connectivity index (χ0) is 26.8. The van der Waals surface area contributed by atoms with Gasteiger partial charge >= 0.3 is 5.97 Å². The van der Waals surface area contributed by atoms with Crippen LogP contribution < -0.4 is 20.3 Å². The van der Waals surface area contributed by atoms with E-state index >= 15 is 0 Å². The first kappa shape index (κ1) is 24.9. The zero-order valence-corrected chi connectivity index (χ0v) is 21.5. The number of carbonyl (C=O) groups is 1. The molecule has 2 aliphatic heterocycles. The lowest BCUT2D eigenvalue weighted by Gasteiger charge is -2.40. The fraction of sp³-hybridized carbons (Fsp3) is 0.423. The fourth-order valence-electron chi connectivity index (χ4n) is 5.36. The van der Waals surface area contributed by atoms with E-state index in [0.717, 1.165) is 64.3 Å². The Morgan fingerprint density at radius 2 is 1.90 bits per heavy atom. The highest BCUT2D eigenvalue weighted by Gasteiger charge is 2.27. The molecule has 0 aliphatic carbocycles. The number of furan rings is 1. The number of anilines is 3. The summed E-state index contributed by atoms with van der Waals surface area (Å²) in [6.45, 7) is 5.92. The van der Waals surface area contributed by atoms with Crippen molar-refractivity contribution < 1.29 is 19.1 Å². The Labute approximate surface area is 224 Å². The molecule has 5 heterocycles. The predicted octanol–water partition coefficient (Wildman–Crippen LogP) is 1.86. The van der Waals surface area contributed by atoms with Gasteiger partial charge in [0.2, 0.25) is 17.7 Å². The molecule has 13 nitrogen and oxygen atoms in total. The third-order valence-electron chi connectivity index (χ3n) is 7.21. The second-order valence-electron chi connectivity index (χ2n) is 9.90. The summed E-state index contributed by atoms with van der Waals surface area (Å²) in [5.41, 5.74) is 7.16. The van der Waals surface area contributed by atoms with E-state index < -0.39 is 5.97 Å². The number of carboxylic acid groups (broad SMARTS) is 1. The molecule has 2 aliphatic rings. The fourth-order valence-corrected chi connectivity index (χ4v) is 5.36. The van der Waals surface area contributed by atoms with Crippen molar-refractivity contribution in [3.8, 4) is 17.3 Å². The van der Waals surface area contributed by atoms with Gasteiger partial charge in [-0.1, -0.05) is 12.1 Å². The Bertz CT molecular complexity index is 1430. The predicted molar refractivity (Wildman–Crippen MR) is 144 cm³/mol. The summed E-state index contributed by atoms with van der Waals surface area (Å²) in [5, 5.41) is 13.4. The molecule has 0 saturated carbocycles. The van der Waals surface area contributed by atoms with Crippen molar-refractivity contribution in [2.24, 2.45) is 5.92 Å². The quantitative estimate of drug-likeness (QED) is 0.340. The van der Waals surface area contributed by atoms with Gasteiger partial charge in [-0.3, -0.25) is 4.90 Å². The number of fused-ring (bicyclic) bond motifs is 1. The third kappa shape index (κ3) is 5.43. The van der Waals surface area contributed by atoms with Crippen molar-refractivity contribution >= 4 is 29.3 Å². The highest BCUT2D eigenvalue weighted by molar-refractivity contribution is 5.69. The van der Waals surface area contributed by atoms with Gasteiger partial charge < -0.3 is 29.8 Å². The van der Waals surface area contributed by atoms with Crippen LogP contribution in [0.15, 0.2) is 47.1 Å². The molecule has 1 aromatic carbocycles. The molecule has 2 saturated heterocycles. The van der Waals surface area contributed by atoms with E-state index in [0.29, 0.717) is 35.0 Å². The highest BCUT2D eigenvalue weighted by atomic mass is 16.5. The van der Waals surface area contributed by atoms with Gasteiger partial charge in [0.1, 0.15) is 5.75 Å². The SMILES string of the molecule is Nc1nc(N2CCC[C@@H](CN3CCN(c4ccccc4OCC(=O)O)CC3)C2)nc2nc(-c3ccco3)nn12. The Kier molecular flexibility index (Phi) is 6.88. The molecule has 2 fully saturated rings. The van der Waals surface area contributed by atoms with Gasteiger partial charge in [-0.25, -0.2) is 4.79 Å². The van der Waals surface area contributed by atoms with Gasteiger partial charge in [0.15, 0.2) is 12.4 Å². The van der Waals surface area contributed by atoms with Gasteiger partial charge in [0.25, 0.3) is 5.78 Å². The molecule has 0 bridgehead atoms. The van der Waals surface area contributed by atoms with E-state index in [1.807, 2.05) is 24.3 Å². The number of piperidine rings is 1. The van der Waals surface area contributed by atoms with Crippen LogP contribution in [0.3, 0.4) is 0 Å². The normalized spacial score (nSPS) is 18.5. The number of rotatable bonds is 8. The molecule has 0 unspecified atom stereocenters. The zero-order valence-electron chi connectivity index (χ0n) is 21.5. The number of aromatic nitrogens is 5. The summed E-state index contributed by atoms with van der Waals surface area (Å²) >= 11 is 0. The van der Waals surface area contributed by atoms with E-state index in [9.17, 15) is 4.79 Å². The molecule has 6 rings (SSSR count). The first-order chi connectivity index (χ1) is 19.0. The number of nitrogens with two attached hydrogens (primary N) is 1. The maximum Gasteiger partial charge on any atom is 0.341 e. The minimum Gasteiger partial charge on any atom is -0.480 e. The molecule has 0 radical (unpaired) electrons. The average Bonchev–Trinajstić information content (AvgIpc) is 3.63. The van der Waals surface area contributed by atoms with Crippen molar-refractivity contribution in [3.05, 3.63) is 42.7 Å². The lowest BCUT2D eigenvalue weighted by Crippen LogP contribution is -2.50. The molecule has 1 atom stereocenters. The number of ether oxygens (including phenoxy) is 1. The summed E-state index contributed by atoms with van der Waals surface area (Å²) in [4.78, 5) is 31.6. The number of benzene rings is 1. The standard InChI is InChI=1S/C26H31N9O4/c27-24-29-25(30-26-28-23(31-35(24)26)21-8-4-14-38-21)34-9-3-5-18(16-34)15-32-10-12-33(13-11-32)19-6-1-2-7-20(19)39-17-22(36)37/h1-2,4,6-8,14,18H,3,5,9-13,15-17H2,(H,36,37)(H2,27,28,29,30,31)/t18-/m0/s1. The number of hydrogen-bond acceptors (Lipinski definition) is 11. The molecular formula is C26H31N9O4. The number of piperazine rings is 1. The minimum atomic E-state index is -0.982. The Morgan fingerprint density at radius 1 is 1.05 bits per heavy atom. The van der Waals surface area contributed by atoms with Crippen LogP contribution in [0.5, 0.6) is 5.75 Å². The topological polar surface area (TPSA) is 151 Å². The lowest BCUT2D eigenvalue weighted by molar-refractivity contribution is -0.139. The van der Waals surface area contributed by atoms with Gasteiger partial charge in [-0.05, 0) is 43.0 Å². The van der Waals surface area contributed by atoms with Crippen LogP contribution in [0, 0.1) is 5.92 Å². The second-order valence-corrected chi connectivity index (χ2v) is 9.90. The molecule has 4 aromatic rings. The van der Waals surface area contributed by atoms with Crippen molar-refractivity contribution in [2.75, 3.05) is 68.0 Å². The Morgan fingerprint density at radius 3 is 2.69 bits per heavy atom. The van der Waals surface area contributed by atoms with Crippen molar-refractivity contribution in [2.45, 2.75) is 12.8 Å². The molecular weight excluding hydrogens is 502 g/mol. The van der Waals surface area contributed by atoms with E-state index in [4.69, 9.17) is 20.0 Å². The lowest BCUT2D eigenvalue weighted by atomic mass is 9.97. The van der Waals surface area contributed by atoms with E-state index in [1.165, 1.54) is 4.52 Å². The molecule has 0 spiro atoms. The summed E-state index contributed by atoms with van der Waals surface area (Å²) in [7, 11) is 0. The van der Waals surface area contributed by atoms with E-state index in [-0.39, 0.29) is 12.6 Å². The van der Waals surface area contributed by atoms with Crippen LogP contribution >= 0.6 is 0 Å². The van der Waals surface area contributed by atoms with Crippen LogP contribution in [0.2, 0.25) is 0 Å². The van der Waals surface area contributed by atoms with Crippen LogP contribution in [0.25, 0.3) is 17.4 Å². The maximum absolute atomic E-state index is 11.0. The Balaban J connectivity index is 1.07. The summed E-state index contributed by atoms with van der Waals surface area (Å²) in [6, 6.07) is 11.2. The van der Waals surface area contributed by atoms with Crippen molar-refractivity contribution in [1.82, 2.24) is 29.5 Å². The van der Waals surface area contributed by atoms with E-state index in [1.54, 1.807) is 18.4 Å². The number of hydrogen-bond donors (Lipinski definition) is 2. The summed E-state index contributed by atoms with van der Waals surface area (Å²) < 4.78 is 12.4. The number of aliphatic carboxylic acids is 1. The van der Waals surface area contributed by atoms with Crippen LogP contribution in [-0.4, -0.2) is 93.0 Å². The first-order valence-electron chi connectivity index (χ1n) is 13.1. The van der Waals surface area contributed by atoms with Crippen LogP contribution in [-0.2, 0) is 4.79 Å². The van der Waals surface area contributed by atoms with Gasteiger partial charge in [-0.15, -0.1) is 5.10 Å². The maximum atomic E-state index is 11.0. The van der Waals surface area contributed by atoms with E-state index in [2.05, 4.69) is 34.8 Å². The number of carboxylic acids is 1. The van der Waals surface area contributed by atoms with Gasteiger partial charge in [0.05, 0.1) is 12.0 Å². The Hall–Kier alpha value is -4.39. The van der Waals surface area contributed by atoms with Gasteiger partial charge in [-0.2, -0.15) is 19.5 Å². The van der Waals surface area contributed by atoms with Crippen LogP contribution in [0.4, 0.5) is 17.6 Å². The van der Waals surface area contributed by atoms with Crippen molar-refractivity contribution in [1.29, 1.82) is 0 Å². The molecule has 13 heteroatoms. The molecule has 204 valence electrons. The van der Waals surface area contributed by atoms with Gasteiger partial charge in [0, 0.05) is 45.8 Å². The number of nitrogens with zero attached hydrogens (tertiary/aromatic N) is 8.